The van der Waals surface area contributed by atoms with E-state index >= 15 is 0 Å². The maximum atomic E-state index is 6.22. The molecular formula is C63H42N4O. The lowest BCUT2D eigenvalue weighted by atomic mass is 9.92. The molecule has 0 spiro atoms. The molecule has 320 valence electrons. The fourth-order valence-corrected chi connectivity index (χ4v) is 9.56. The molecule has 0 N–H and O–H groups in total. The van der Waals surface area contributed by atoms with E-state index in [4.69, 9.17) is 19.4 Å². The number of hydrogen-bond donors (Lipinski definition) is 0. The minimum Gasteiger partial charge on any atom is -0.456 e. The summed E-state index contributed by atoms with van der Waals surface area (Å²) in [4.78, 5) is 15.7. The first-order valence-corrected chi connectivity index (χ1v) is 22.7. The fourth-order valence-electron chi connectivity index (χ4n) is 9.56. The summed E-state index contributed by atoms with van der Waals surface area (Å²) in [6, 6.07) is 74.2. The maximum Gasteiger partial charge on any atom is 0.164 e. The monoisotopic (exact) mass is 870 g/mol. The van der Waals surface area contributed by atoms with Gasteiger partial charge < -0.3 is 8.98 Å². The second-order valence-electron chi connectivity index (χ2n) is 16.9. The van der Waals surface area contributed by atoms with E-state index in [1.165, 1.54) is 0 Å². The van der Waals surface area contributed by atoms with Crippen LogP contribution in [0.1, 0.15) is 5.56 Å². The molecule has 68 heavy (non-hydrogen) atoms. The van der Waals surface area contributed by atoms with Crippen LogP contribution >= 0.6 is 0 Å². The summed E-state index contributed by atoms with van der Waals surface area (Å²) in [5.74, 6) is 1.68. The molecule has 9 aromatic carbocycles. The second kappa shape index (κ2) is 17.0. The molecule has 0 atom stereocenters. The molecule has 12 aromatic rings. The van der Waals surface area contributed by atoms with Crippen LogP contribution in [-0.2, 0) is 0 Å². The smallest absolute Gasteiger partial charge is 0.164 e. The zero-order valence-electron chi connectivity index (χ0n) is 37.1. The number of benzene rings is 9. The zero-order valence-corrected chi connectivity index (χ0v) is 37.1. The van der Waals surface area contributed by atoms with Crippen LogP contribution in [0.4, 0.5) is 0 Å². The van der Waals surface area contributed by atoms with Crippen LogP contribution in [0, 0.1) is 0 Å². The molecule has 0 saturated carbocycles. The van der Waals surface area contributed by atoms with Crippen LogP contribution < -0.4 is 0 Å². The third-order valence-electron chi connectivity index (χ3n) is 12.8. The van der Waals surface area contributed by atoms with Gasteiger partial charge in [-0.2, -0.15) is 0 Å². The summed E-state index contributed by atoms with van der Waals surface area (Å²) in [5.41, 5.74) is 15.9. The Bertz CT molecular complexity index is 3830. The quantitative estimate of drug-likeness (QED) is 0.129. The van der Waals surface area contributed by atoms with Crippen LogP contribution in [0.15, 0.2) is 248 Å². The number of para-hydroxylation sites is 1. The molecule has 0 saturated heterocycles. The van der Waals surface area contributed by atoms with E-state index in [1.54, 1.807) is 0 Å². The Balaban J connectivity index is 1.16. The summed E-state index contributed by atoms with van der Waals surface area (Å²) in [5, 5.41) is 4.34. The minimum absolute atomic E-state index is 0.542. The summed E-state index contributed by atoms with van der Waals surface area (Å²) in [6.07, 6.45) is 5.76. The van der Waals surface area contributed by atoms with Gasteiger partial charge in [-0.15, -0.1) is 0 Å². The Morgan fingerprint density at radius 1 is 0.397 bits per heavy atom. The average molecular weight is 871 g/mol. The molecule has 0 bridgehead atoms. The van der Waals surface area contributed by atoms with E-state index < -0.39 is 0 Å². The topological polar surface area (TPSA) is 56.7 Å². The van der Waals surface area contributed by atoms with Gasteiger partial charge in [0, 0.05) is 49.4 Å². The number of nitrogens with zero attached hydrogens (tertiary/aromatic N) is 4. The standard InChI is InChI=1S/C63H42N4O/c1-3-19-41(4-2)51-39-49(63-65-61(45-26-15-8-16-27-45)64-62(66-63)48-32-35-59-55(38-48)50-28-17-18-29-58(50)68-59)40-52(44-24-13-7-14-25-44)60(51)67-56-33-30-46(42-20-9-5-10-21-42)36-53(56)54-37-47(31-34-57(54)67)43-22-11-6-12-23-43/h3-40H,1-2H2/b41-19+. The van der Waals surface area contributed by atoms with Crippen LogP contribution in [0.3, 0.4) is 0 Å². The van der Waals surface area contributed by atoms with Gasteiger partial charge in [-0.25, -0.2) is 15.0 Å². The molecule has 0 radical (unpaired) electrons. The summed E-state index contributed by atoms with van der Waals surface area (Å²) in [6.45, 7) is 8.53. The molecule has 3 heterocycles. The van der Waals surface area contributed by atoms with Crippen molar-refractivity contribution in [3.05, 3.63) is 249 Å². The summed E-state index contributed by atoms with van der Waals surface area (Å²) >= 11 is 0. The highest BCUT2D eigenvalue weighted by Gasteiger charge is 2.24. The predicted octanol–water partition coefficient (Wildman–Crippen LogP) is 16.6. The first kappa shape index (κ1) is 40.3. The van der Waals surface area contributed by atoms with E-state index in [0.717, 1.165) is 111 Å². The van der Waals surface area contributed by atoms with Gasteiger partial charge in [0.25, 0.3) is 0 Å². The Hall–Kier alpha value is -9.19. The van der Waals surface area contributed by atoms with Gasteiger partial charge in [-0.3, -0.25) is 0 Å². The Kier molecular flexibility index (Phi) is 10.1. The molecule has 0 unspecified atom stereocenters. The molecule has 0 amide bonds. The fraction of sp³-hybridized carbons (Fsp3) is 0. The second-order valence-corrected chi connectivity index (χ2v) is 16.9. The number of fused-ring (bicyclic) bond motifs is 6. The molecule has 0 fully saturated rings. The minimum atomic E-state index is 0.542. The van der Waals surface area contributed by atoms with Gasteiger partial charge in [0.05, 0.1) is 16.7 Å². The lowest BCUT2D eigenvalue weighted by Gasteiger charge is -2.21. The molecular weight excluding hydrogens is 829 g/mol. The predicted molar refractivity (Wildman–Crippen MR) is 282 cm³/mol. The SMILES string of the molecule is C=C/C=C(\C=C)c1cc(-c2nc(-c3ccccc3)nc(-c3ccc4oc5ccccc5c4c3)n2)cc(-c2ccccc2)c1-n1c2ccc(-c3ccccc3)cc2c2cc(-c3ccccc3)ccc21. The van der Waals surface area contributed by atoms with E-state index in [9.17, 15) is 0 Å². The highest BCUT2D eigenvalue weighted by atomic mass is 16.3. The van der Waals surface area contributed by atoms with Gasteiger partial charge in [-0.1, -0.05) is 183 Å². The van der Waals surface area contributed by atoms with E-state index in [1.807, 2.05) is 78.9 Å². The van der Waals surface area contributed by atoms with Crippen molar-refractivity contribution in [2.75, 3.05) is 0 Å². The molecule has 0 aliphatic heterocycles. The van der Waals surface area contributed by atoms with Crippen molar-refractivity contribution in [2.24, 2.45) is 0 Å². The van der Waals surface area contributed by atoms with E-state index in [2.05, 4.69) is 169 Å². The van der Waals surface area contributed by atoms with Crippen molar-refractivity contribution in [3.8, 4) is 73.2 Å². The Morgan fingerprint density at radius 2 is 0.882 bits per heavy atom. The number of furan rings is 1. The van der Waals surface area contributed by atoms with Crippen LogP contribution in [0.25, 0.3) is 123 Å². The average Bonchev–Trinajstić information content (AvgIpc) is 3.95. The molecule has 0 aliphatic rings. The molecule has 5 heteroatoms. The van der Waals surface area contributed by atoms with E-state index in [0.29, 0.717) is 17.5 Å². The number of aromatic nitrogens is 4. The van der Waals surface area contributed by atoms with Crippen molar-refractivity contribution in [2.45, 2.75) is 0 Å². The van der Waals surface area contributed by atoms with Gasteiger partial charge in [0.2, 0.25) is 0 Å². The first-order valence-electron chi connectivity index (χ1n) is 22.7. The highest BCUT2D eigenvalue weighted by Crippen LogP contribution is 2.44. The normalized spacial score (nSPS) is 11.7. The van der Waals surface area contributed by atoms with Crippen LogP contribution in [0.5, 0.6) is 0 Å². The number of allylic oxidation sites excluding steroid dienone is 4. The van der Waals surface area contributed by atoms with Crippen molar-refractivity contribution < 1.29 is 4.42 Å². The molecule has 5 nitrogen and oxygen atoms in total. The largest absolute Gasteiger partial charge is 0.456 e. The Labute approximate surface area is 394 Å². The van der Waals surface area contributed by atoms with Gasteiger partial charge >= 0.3 is 0 Å². The summed E-state index contributed by atoms with van der Waals surface area (Å²) < 4.78 is 8.65. The first-order chi connectivity index (χ1) is 33.6. The zero-order chi connectivity index (χ0) is 45.6. The molecule has 12 rings (SSSR count). The maximum absolute atomic E-state index is 6.22. The van der Waals surface area contributed by atoms with Crippen LogP contribution in [0.2, 0.25) is 0 Å². The van der Waals surface area contributed by atoms with Crippen molar-refractivity contribution >= 4 is 49.3 Å². The number of rotatable bonds is 10. The third kappa shape index (κ3) is 7.11. The molecule has 0 aliphatic carbocycles. The summed E-state index contributed by atoms with van der Waals surface area (Å²) in [7, 11) is 0. The van der Waals surface area contributed by atoms with Gasteiger partial charge in [0.1, 0.15) is 11.2 Å². The van der Waals surface area contributed by atoms with Gasteiger partial charge in [0.15, 0.2) is 17.5 Å². The van der Waals surface area contributed by atoms with Crippen molar-refractivity contribution in [1.82, 2.24) is 19.5 Å². The number of hydrogen-bond acceptors (Lipinski definition) is 4. The van der Waals surface area contributed by atoms with Gasteiger partial charge in [-0.05, 0) is 94.1 Å². The lowest BCUT2D eigenvalue weighted by molar-refractivity contribution is 0.669. The van der Waals surface area contributed by atoms with Crippen molar-refractivity contribution in [1.29, 1.82) is 0 Å². The Morgan fingerprint density at radius 3 is 1.47 bits per heavy atom. The highest BCUT2D eigenvalue weighted by molar-refractivity contribution is 6.13. The van der Waals surface area contributed by atoms with E-state index in [-0.39, 0.29) is 0 Å². The third-order valence-corrected chi connectivity index (χ3v) is 12.8. The lowest BCUT2D eigenvalue weighted by Crippen LogP contribution is -2.05. The molecule has 3 aromatic heterocycles. The van der Waals surface area contributed by atoms with Crippen molar-refractivity contribution in [3.63, 3.8) is 0 Å². The van der Waals surface area contributed by atoms with Crippen LogP contribution in [-0.4, -0.2) is 19.5 Å².